The first-order chi connectivity index (χ1) is 7.22. The molecule has 84 valence electrons. The molecular formula is C9H15N3O2S. The van der Waals surface area contributed by atoms with E-state index in [1.165, 1.54) is 11.3 Å². The van der Waals surface area contributed by atoms with Gasteiger partial charge in [0.15, 0.2) is 0 Å². The number of hydrogen-bond donors (Lipinski definition) is 2. The van der Waals surface area contributed by atoms with E-state index in [2.05, 4.69) is 10.4 Å². The van der Waals surface area contributed by atoms with Crippen LogP contribution in [0.1, 0.15) is 27.3 Å². The van der Waals surface area contributed by atoms with E-state index < -0.39 is 0 Å². The Kier molecular flexibility index (Phi) is 4.67. The lowest BCUT2D eigenvalue weighted by molar-refractivity contribution is 0.0956. The minimum absolute atomic E-state index is 0.270. The van der Waals surface area contributed by atoms with Crippen molar-refractivity contribution in [1.82, 2.24) is 10.4 Å². The molecule has 0 radical (unpaired) electrons. The van der Waals surface area contributed by atoms with E-state index in [-0.39, 0.29) is 5.91 Å². The molecule has 0 aliphatic rings. The summed E-state index contributed by atoms with van der Waals surface area (Å²) in [5.41, 5.74) is 2.93. The molecule has 0 atom stereocenters. The number of hydrogen-bond acceptors (Lipinski definition) is 5. The van der Waals surface area contributed by atoms with Crippen molar-refractivity contribution in [2.24, 2.45) is 5.84 Å². The SMILES string of the molecule is CCc1nc(CCOC)sc1C(=O)NN. The molecule has 0 bridgehead atoms. The summed E-state index contributed by atoms with van der Waals surface area (Å²) in [4.78, 5) is 16.3. The Morgan fingerprint density at radius 1 is 1.67 bits per heavy atom. The average Bonchev–Trinajstić information content (AvgIpc) is 2.68. The number of aryl methyl sites for hydroxylation is 1. The topological polar surface area (TPSA) is 77.2 Å². The van der Waals surface area contributed by atoms with Gasteiger partial charge < -0.3 is 4.74 Å². The van der Waals surface area contributed by atoms with E-state index in [0.29, 0.717) is 11.5 Å². The van der Waals surface area contributed by atoms with Gasteiger partial charge in [-0.15, -0.1) is 11.3 Å². The number of nitrogen functional groups attached to an aromatic ring is 1. The van der Waals surface area contributed by atoms with Crippen molar-refractivity contribution in [2.75, 3.05) is 13.7 Å². The van der Waals surface area contributed by atoms with Gasteiger partial charge in [-0.05, 0) is 6.42 Å². The van der Waals surface area contributed by atoms with Gasteiger partial charge in [-0.25, -0.2) is 10.8 Å². The lowest BCUT2D eigenvalue weighted by atomic mass is 10.3. The molecule has 0 spiro atoms. The van der Waals surface area contributed by atoms with Crippen LogP contribution in [0.3, 0.4) is 0 Å². The quantitative estimate of drug-likeness (QED) is 0.438. The number of carbonyl (C=O) groups is 1. The fourth-order valence-corrected chi connectivity index (χ4v) is 2.22. The summed E-state index contributed by atoms with van der Waals surface area (Å²) in [5.74, 6) is 4.82. The highest BCUT2D eigenvalue weighted by Crippen LogP contribution is 2.19. The van der Waals surface area contributed by atoms with Gasteiger partial charge in [0.2, 0.25) is 0 Å². The number of rotatable bonds is 5. The van der Waals surface area contributed by atoms with Gasteiger partial charge in [0, 0.05) is 13.5 Å². The van der Waals surface area contributed by atoms with Gasteiger partial charge in [0.1, 0.15) is 4.88 Å². The first kappa shape index (κ1) is 12.1. The minimum Gasteiger partial charge on any atom is -0.384 e. The average molecular weight is 229 g/mol. The number of nitrogens with zero attached hydrogens (tertiary/aromatic N) is 1. The smallest absolute Gasteiger partial charge is 0.277 e. The molecule has 6 heteroatoms. The van der Waals surface area contributed by atoms with Crippen LogP contribution in [-0.2, 0) is 17.6 Å². The van der Waals surface area contributed by atoms with Gasteiger partial charge in [-0.2, -0.15) is 0 Å². The second-order valence-corrected chi connectivity index (χ2v) is 4.04. The van der Waals surface area contributed by atoms with Crippen molar-refractivity contribution in [3.63, 3.8) is 0 Å². The fourth-order valence-electron chi connectivity index (χ4n) is 1.18. The van der Waals surface area contributed by atoms with Crippen LogP contribution in [0.4, 0.5) is 0 Å². The molecule has 5 nitrogen and oxygen atoms in total. The highest BCUT2D eigenvalue weighted by molar-refractivity contribution is 7.13. The molecule has 1 aromatic heterocycles. The first-order valence-corrected chi connectivity index (χ1v) is 5.53. The van der Waals surface area contributed by atoms with Crippen LogP contribution in [0, 0.1) is 0 Å². The third kappa shape index (κ3) is 2.98. The number of ether oxygens (including phenoxy) is 1. The molecule has 1 rings (SSSR count). The maximum absolute atomic E-state index is 11.4. The predicted molar refractivity (Wildman–Crippen MR) is 58.7 cm³/mol. The number of nitrogens with one attached hydrogen (secondary N) is 1. The van der Waals surface area contributed by atoms with Gasteiger partial charge in [-0.3, -0.25) is 10.2 Å². The summed E-state index contributed by atoms with van der Waals surface area (Å²) in [6.07, 6.45) is 1.46. The van der Waals surface area contributed by atoms with Crippen molar-refractivity contribution >= 4 is 17.2 Å². The third-order valence-electron chi connectivity index (χ3n) is 1.93. The van der Waals surface area contributed by atoms with Crippen LogP contribution in [0.15, 0.2) is 0 Å². The van der Waals surface area contributed by atoms with Crippen molar-refractivity contribution < 1.29 is 9.53 Å². The maximum Gasteiger partial charge on any atom is 0.277 e. The van der Waals surface area contributed by atoms with Crippen LogP contribution in [-0.4, -0.2) is 24.6 Å². The molecule has 0 aromatic carbocycles. The van der Waals surface area contributed by atoms with Crippen molar-refractivity contribution in [3.8, 4) is 0 Å². The predicted octanol–water partition coefficient (Wildman–Crippen LogP) is 0.498. The van der Waals surface area contributed by atoms with Gasteiger partial charge in [0.25, 0.3) is 5.91 Å². The van der Waals surface area contributed by atoms with Gasteiger partial charge in [-0.1, -0.05) is 6.92 Å². The molecular weight excluding hydrogens is 214 g/mol. The monoisotopic (exact) mass is 229 g/mol. The van der Waals surface area contributed by atoms with Crippen molar-refractivity contribution in [2.45, 2.75) is 19.8 Å². The zero-order valence-corrected chi connectivity index (χ0v) is 9.69. The highest BCUT2D eigenvalue weighted by atomic mass is 32.1. The van der Waals surface area contributed by atoms with E-state index in [9.17, 15) is 4.79 Å². The van der Waals surface area contributed by atoms with Crippen molar-refractivity contribution in [3.05, 3.63) is 15.6 Å². The molecule has 0 aliphatic heterocycles. The molecule has 0 aliphatic carbocycles. The number of amides is 1. The number of nitrogens with two attached hydrogens (primary N) is 1. The lowest BCUT2D eigenvalue weighted by Gasteiger charge is -1.95. The molecule has 0 unspecified atom stereocenters. The van der Waals surface area contributed by atoms with Gasteiger partial charge >= 0.3 is 0 Å². The summed E-state index contributed by atoms with van der Waals surface area (Å²) in [7, 11) is 1.64. The van der Waals surface area contributed by atoms with E-state index in [1.807, 2.05) is 6.92 Å². The minimum atomic E-state index is -0.270. The first-order valence-electron chi connectivity index (χ1n) is 4.71. The molecule has 3 N–H and O–H groups in total. The Hall–Kier alpha value is -0.980. The maximum atomic E-state index is 11.4. The Labute approximate surface area is 92.6 Å². The second kappa shape index (κ2) is 5.79. The van der Waals surface area contributed by atoms with Crippen LogP contribution in [0.5, 0.6) is 0 Å². The summed E-state index contributed by atoms with van der Waals surface area (Å²) in [5, 5.41) is 0.910. The molecule has 1 amide bonds. The highest BCUT2D eigenvalue weighted by Gasteiger charge is 2.15. The molecule has 1 heterocycles. The van der Waals surface area contributed by atoms with Crippen LogP contribution < -0.4 is 11.3 Å². The molecule has 1 aromatic rings. The second-order valence-electron chi connectivity index (χ2n) is 2.95. The zero-order valence-electron chi connectivity index (χ0n) is 8.87. The third-order valence-corrected chi connectivity index (χ3v) is 3.09. The molecule has 0 saturated carbocycles. The molecule has 15 heavy (non-hydrogen) atoms. The lowest BCUT2D eigenvalue weighted by Crippen LogP contribution is -2.30. The Balaban J connectivity index is 2.85. The number of thiazole rings is 1. The number of methoxy groups -OCH3 is 1. The van der Waals surface area contributed by atoms with E-state index in [4.69, 9.17) is 10.6 Å². The Morgan fingerprint density at radius 3 is 2.93 bits per heavy atom. The summed E-state index contributed by atoms with van der Waals surface area (Å²) in [6.45, 7) is 2.57. The molecule has 0 fully saturated rings. The van der Waals surface area contributed by atoms with E-state index in [0.717, 1.165) is 23.5 Å². The van der Waals surface area contributed by atoms with Crippen LogP contribution in [0.2, 0.25) is 0 Å². The normalized spacial score (nSPS) is 10.3. The van der Waals surface area contributed by atoms with Crippen molar-refractivity contribution in [1.29, 1.82) is 0 Å². The van der Waals surface area contributed by atoms with E-state index >= 15 is 0 Å². The summed E-state index contributed by atoms with van der Waals surface area (Å²) in [6, 6.07) is 0. The van der Waals surface area contributed by atoms with Gasteiger partial charge in [0.05, 0.1) is 17.3 Å². The number of carbonyl (C=O) groups excluding carboxylic acids is 1. The van der Waals surface area contributed by atoms with Crippen LogP contribution in [0.25, 0.3) is 0 Å². The fraction of sp³-hybridized carbons (Fsp3) is 0.556. The standard InChI is InChI=1S/C9H15N3O2S/c1-3-6-8(9(13)12-10)15-7(11-6)4-5-14-2/h3-5,10H2,1-2H3,(H,12,13). The Morgan fingerprint density at radius 2 is 2.40 bits per heavy atom. The van der Waals surface area contributed by atoms with E-state index in [1.54, 1.807) is 7.11 Å². The zero-order chi connectivity index (χ0) is 11.3. The summed E-state index contributed by atoms with van der Waals surface area (Å²) < 4.78 is 4.96. The molecule has 0 saturated heterocycles. The van der Waals surface area contributed by atoms with Crippen LogP contribution >= 0.6 is 11.3 Å². The number of aromatic nitrogens is 1. The summed E-state index contributed by atoms with van der Waals surface area (Å²) >= 11 is 1.37. The largest absolute Gasteiger partial charge is 0.384 e. The Bertz CT molecular complexity index is 338. The number of hydrazine groups is 1.